The Morgan fingerprint density at radius 1 is 1.14 bits per heavy atom. The topological polar surface area (TPSA) is 38.0 Å². The molecule has 0 unspecified atom stereocenters. The maximum Gasteiger partial charge on any atom is 0.0208 e. The molecule has 0 bridgehead atoms. The van der Waals surface area contributed by atoms with E-state index in [0.717, 1.165) is 13.1 Å². The van der Waals surface area contributed by atoms with Gasteiger partial charge in [-0.3, -0.25) is 0 Å². The van der Waals surface area contributed by atoms with Crippen molar-refractivity contribution in [3.8, 4) is 0 Å². The molecule has 0 aromatic heterocycles. The van der Waals surface area contributed by atoms with E-state index in [9.17, 15) is 0 Å². The third-order valence-electron chi connectivity index (χ3n) is 2.81. The zero-order valence-corrected chi connectivity index (χ0v) is 9.35. The highest BCUT2D eigenvalue weighted by Crippen LogP contribution is 2.16. The summed E-state index contributed by atoms with van der Waals surface area (Å²) in [6, 6.07) is 4.38. The summed E-state index contributed by atoms with van der Waals surface area (Å²) >= 11 is 0. The molecular weight excluding hydrogens is 172 g/mol. The summed E-state index contributed by atoms with van der Waals surface area (Å²) in [7, 11) is 0. The van der Waals surface area contributed by atoms with Gasteiger partial charge in [-0.25, -0.2) is 0 Å². The molecule has 0 saturated carbocycles. The normalized spacial score (nSPS) is 10.6. The Bertz CT molecular complexity index is 305. The van der Waals surface area contributed by atoms with Gasteiger partial charge in [0.15, 0.2) is 0 Å². The smallest absolute Gasteiger partial charge is 0.0208 e. The molecule has 0 amide bonds. The second-order valence-corrected chi connectivity index (χ2v) is 3.76. The Morgan fingerprint density at radius 2 is 1.86 bits per heavy atom. The minimum atomic E-state index is 0.698. The Hall–Kier alpha value is -0.860. The number of hydrogen-bond acceptors (Lipinski definition) is 2. The quantitative estimate of drug-likeness (QED) is 0.712. The van der Waals surface area contributed by atoms with Crippen LogP contribution in [0.1, 0.15) is 22.3 Å². The zero-order valence-electron chi connectivity index (χ0n) is 9.35. The van der Waals surface area contributed by atoms with Crippen LogP contribution in [0.4, 0.5) is 0 Å². The third kappa shape index (κ3) is 2.56. The molecule has 0 aliphatic rings. The van der Waals surface area contributed by atoms with Crippen LogP contribution in [0.3, 0.4) is 0 Å². The molecule has 0 radical (unpaired) electrons. The molecule has 1 aromatic carbocycles. The SMILES string of the molecule is Cc1ccc(CNCCN)c(C)c1C. The van der Waals surface area contributed by atoms with Crippen LogP contribution >= 0.6 is 0 Å². The van der Waals surface area contributed by atoms with Gasteiger partial charge in [-0.1, -0.05) is 12.1 Å². The minimum absolute atomic E-state index is 0.698. The summed E-state index contributed by atoms with van der Waals surface area (Å²) in [5.41, 5.74) is 11.0. The maximum absolute atomic E-state index is 5.42. The van der Waals surface area contributed by atoms with Gasteiger partial charge < -0.3 is 11.1 Å². The predicted octanol–water partition coefficient (Wildman–Crippen LogP) is 1.66. The summed E-state index contributed by atoms with van der Waals surface area (Å²) in [5, 5.41) is 3.31. The number of rotatable bonds is 4. The van der Waals surface area contributed by atoms with Crippen molar-refractivity contribution in [2.24, 2.45) is 5.73 Å². The Balaban J connectivity index is 2.73. The summed E-state index contributed by atoms with van der Waals surface area (Å²) in [4.78, 5) is 0. The number of nitrogens with one attached hydrogen (secondary N) is 1. The molecule has 1 rings (SSSR count). The van der Waals surface area contributed by atoms with E-state index < -0.39 is 0 Å². The number of aryl methyl sites for hydroxylation is 1. The van der Waals surface area contributed by atoms with Crippen LogP contribution in [0.5, 0.6) is 0 Å². The molecule has 78 valence electrons. The highest BCUT2D eigenvalue weighted by atomic mass is 14.9. The molecule has 0 atom stereocenters. The Labute approximate surface area is 86.5 Å². The third-order valence-corrected chi connectivity index (χ3v) is 2.81. The summed E-state index contributed by atoms with van der Waals surface area (Å²) in [5.74, 6) is 0. The van der Waals surface area contributed by atoms with Crippen LogP contribution in [-0.4, -0.2) is 13.1 Å². The van der Waals surface area contributed by atoms with Gasteiger partial charge in [0.05, 0.1) is 0 Å². The molecule has 0 aliphatic carbocycles. The van der Waals surface area contributed by atoms with Crippen molar-refractivity contribution in [3.05, 3.63) is 34.4 Å². The monoisotopic (exact) mass is 192 g/mol. The molecule has 2 heteroatoms. The van der Waals surface area contributed by atoms with Gasteiger partial charge in [0.1, 0.15) is 0 Å². The van der Waals surface area contributed by atoms with Gasteiger partial charge >= 0.3 is 0 Å². The Morgan fingerprint density at radius 3 is 2.50 bits per heavy atom. The van der Waals surface area contributed by atoms with E-state index in [-0.39, 0.29) is 0 Å². The van der Waals surface area contributed by atoms with E-state index in [2.05, 4.69) is 38.2 Å². The highest BCUT2D eigenvalue weighted by molar-refractivity contribution is 5.38. The lowest BCUT2D eigenvalue weighted by molar-refractivity contribution is 0.691. The molecule has 3 N–H and O–H groups in total. The lowest BCUT2D eigenvalue weighted by Gasteiger charge is -2.11. The largest absolute Gasteiger partial charge is 0.329 e. The fraction of sp³-hybridized carbons (Fsp3) is 0.500. The van der Waals surface area contributed by atoms with Crippen LogP contribution in [0.25, 0.3) is 0 Å². The van der Waals surface area contributed by atoms with Crippen molar-refractivity contribution in [1.82, 2.24) is 5.32 Å². The minimum Gasteiger partial charge on any atom is -0.329 e. The molecule has 0 spiro atoms. The Kier molecular flexibility index (Phi) is 4.11. The van der Waals surface area contributed by atoms with Gasteiger partial charge in [-0.2, -0.15) is 0 Å². The van der Waals surface area contributed by atoms with Crippen LogP contribution in [0, 0.1) is 20.8 Å². The number of nitrogens with two attached hydrogens (primary N) is 1. The average Bonchev–Trinajstić information content (AvgIpc) is 2.18. The van der Waals surface area contributed by atoms with Crippen molar-refractivity contribution in [3.63, 3.8) is 0 Å². The molecule has 1 aromatic rings. The van der Waals surface area contributed by atoms with Crippen LogP contribution in [0.2, 0.25) is 0 Å². The summed E-state index contributed by atoms with van der Waals surface area (Å²) in [6.45, 7) is 9.01. The van der Waals surface area contributed by atoms with Crippen molar-refractivity contribution in [2.75, 3.05) is 13.1 Å². The number of benzene rings is 1. The van der Waals surface area contributed by atoms with Crippen molar-refractivity contribution >= 4 is 0 Å². The second-order valence-electron chi connectivity index (χ2n) is 3.76. The van der Waals surface area contributed by atoms with Crippen LogP contribution in [-0.2, 0) is 6.54 Å². The van der Waals surface area contributed by atoms with Gasteiger partial charge in [0.2, 0.25) is 0 Å². The molecule has 14 heavy (non-hydrogen) atoms. The van der Waals surface area contributed by atoms with Crippen LogP contribution in [0.15, 0.2) is 12.1 Å². The van der Waals surface area contributed by atoms with E-state index in [1.165, 1.54) is 22.3 Å². The standard InChI is InChI=1S/C12H20N2/c1-9-4-5-12(8-14-7-6-13)11(3)10(9)2/h4-5,14H,6-8,13H2,1-3H3. The van der Waals surface area contributed by atoms with E-state index in [1.807, 2.05) is 0 Å². The maximum atomic E-state index is 5.42. The highest BCUT2D eigenvalue weighted by Gasteiger charge is 2.02. The van der Waals surface area contributed by atoms with Gasteiger partial charge in [-0.05, 0) is 43.0 Å². The first-order chi connectivity index (χ1) is 6.66. The molecule has 0 aliphatic heterocycles. The second kappa shape index (κ2) is 5.13. The van der Waals surface area contributed by atoms with Gasteiger partial charge in [0.25, 0.3) is 0 Å². The lowest BCUT2D eigenvalue weighted by Crippen LogP contribution is -2.22. The van der Waals surface area contributed by atoms with E-state index in [4.69, 9.17) is 5.73 Å². The first kappa shape index (κ1) is 11.2. The average molecular weight is 192 g/mol. The summed E-state index contributed by atoms with van der Waals surface area (Å²) < 4.78 is 0. The molecule has 0 heterocycles. The first-order valence-corrected chi connectivity index (χ1v) is 5.13. The fourth-order valence-electron chi connectivity index (χ4n) is 1.53. The molecule has 0 fully saturated rings. The number of hydrogen-bond donors (Lipinski definition) is 2. The van der Waals surface area contributed by atoms with Crippen molar-refractivity contribution in [1.29, 1.82) is 0 Å². The van der Waals surface area contributed by atoms with E-state index >= 15 is 0 Å². The van der Waals surface area contributed by atoms with E-state index in [1.54, 1.807) is 0 Å². The van der Waals surface area contributed by atoms with Crippen molar-refractivity contribution < 1.29 is 0 Å². The van der Waals surface area contributed by atoms with Crippen LogP contribution < -0.4 is 11.1 Å². The predicted molar refractivity (Wildman–Crippen MR) is 61.4 cm³/mol. The zero-order chi connectivity index (χ0) is 10.6. The summed E-state index contributed by atoms with van der Waals surface area (Å²) in [6.07, 6.45) is 0. The molecular formula is C12H20N2. The van der Waals surface area contributed by atoms with E-state index in [0.29, 0.717) is 6.54 Å². The fourth-order valence-corrected chi connectivity index (χ4v) is 1.53. The van der Waals surface area contributed by atoms with Crippen molar-refractivity contribution in [2.45, 2.75) is 27.3 Å². The molecule has 0 saturated heterocycles. The molecule has 2 nitrogen and oxygen atoms in total. The lowest BCUT2D eigenvalue weighted by atomic mass is 9.99. The first-order valence-electron chi connectivity index (χ1n) is 5.13. The van der Waals surface area contributed by atoms with Gasteiger partial charge in [-0.15, -0.1) is 0 Å². The van der Waals surface area contributed by atoms with Gasteiger partial charge in [0, 0.05) is 19.6 Å².